The van der Waals surface area contributed by atoms with Crippen molar-refractivity contribution in [2.45, 2.75) is 39.0 Å². The predicted molar refractivity (Wildman–Crippen MR) is 109 cm³/mol. The Morgan fingerprint density at radius 1 is 1.11 bits per heavy atom. The van der Waals surface area contributed by atoms with Crippen LogP contribution in [0.2, 0.25) is 0 Å². The van der Waals surface area contributed by atoms with Crippen molar-refractivity contribution in [3.63, 3.8) is 0 Å². The van der Waals surface area contributed by atoms with Crippen LogP contribution in [0.1, 0.15) is 36.5 Å². The molecule has 1 aliphatic carbocycles. The third-order valence-electron chi connectivity index (χ3n) is 5.24. The van der Waals surface area contributed by atoms with Crippen LogP contribution in [0.15, 0.2) is 51.7 Å². The Morgan fingerprint density at radius 3 is 2.71 bits per heavy atom. The zero-order valence-electron chi connectivity index (χ0n) is 15.9. The van der Waals surface area contributed by atoms with Gasteiger partial charge < -0.3 is 14.5 Å². The zero-order chi connectivity index (χ0) is 19.5. The molecule has 1 aromatic heterocycles. The molecule has 0 radical (unpaired) electrons. The first-order valence-corrected chi connectivity index (χ1v) is 9.75. The van der Waals surface area contributed by atoms with Gasteiger partial charge in [0, 0.05) is 22.7 Å². The van der Waals surface area contributed by atoms with Crippen LogP contribution in [0.5, 0.6) is 5.75 Å². The van der Waals surface area contributed by atoms with Crippen LogP contribution < -0.4 is 15.7 Å². The van der Waals surface area contributed by atoms with E-state index in [-0.39, 0.29) is 18.1 Å². The summed E-state index contributed by atoms with van der Waals surface area (Å²) in [5, 5.41) is 3.84. The highest BCUT2D eigenvalue weighted by atomic mass is 16.5. The largest absolute Gasteiger partial charge is 0.484 e. The summed E-state index contributed by atoms with van der Waals surface area (Å²) < 4.78 is 11.1. The second-order valence-electron chi connectivity index (χ2n) is 7.06. The van der Waals surface area contributed by atoms with E-state index >= 15 is 0 Å². The highest BCUT2D eigenvalue weighted by molar-refractivity contribution is 5.92. The Morgan fingerprint density at radius 2 is 1.89 bits per heavy atom. The van der Waals surface area contributed by atoms with Gasteiger partial charge in [0.25, 0.3) is 5.91 Å². The molecule has 3 aromatic rings. The lowest BCUT2D eigenvalue weighted by molar-refractivity contribution is -0.118. The van der Waals surface area contributed by atoms with Crippen molar-refractivity contribution in [3.05, 3.63) is 69.6 Å². The van der Waals surface area contributed by atoms with Crippen molar-refractivity contribution in [2.24, 2.45) is 0 Å². The molecule has 0 fully saturated rings. The molecule has 0 aliphatic heterocycles. The van der Waals surface area contributed by atoms with E-state index in [1.165, 1.54) is 0 Å². The van der Waals surface area contributed by atoms with Crippen LogP contribution in [0, 0.1) is 0 Å². The third kappa shape index (κ3) is 3.65. The second-order valence-corrected chi connectivity index (χ2v) is 7.06. The Labute approximate surface area is 163 Å². The van der Waals surface area contributed by atoms with Crippen LogP contribution in [-0.2, 0) is 24.1 Å². The van der Waals surface area contributed by atoms with Gasteiger partial charge in [-0.3, -0.25) is 4.79 Å². The van der Waals surface area contributed by atoms with Crippen molar-refractivity contribution < 1.29 is 13.9 Å². The minimum atomic E-state index is -0.256. The first-order valence-electron chi connectivity index (χ1n) is 9.75. The van der Waals surface area contributed by atoms with E-state index in [0.29, 0.717) is 11.3 Å². The monoisotopic (exact) mass is 377 g/mol. The van der Waals surface area contributed by atoms with Gasteiger partial charge in [0.15, 0.2) is 6.61 Å². The summed E-state index contributed by atoms with van der Waals surface area (Å²) in [4.78, 5) is 24.5. The maximum Gasteiger partial charge on any atom is 0.339 e. The number of anilines is 1. The number of carbonyl (C=O) groups is 1. The lowest BCUT2D eigenvalue weighted by Crippen LogP contribution is -2.21. The van der Waals surface area contributed by atoms with Crippen LogP contribution >= 0.6 is 0 Å². The highest BCUT2D eigenvalue weighted by Gasteiger charge is 2.18. The first-order chi connectivity index (χ1) is 13.7. The summed E-state index contributed by atoms with van der Waals surface area (Å²) in [5.41, 5.74) is 4.04. The molecule has 144 valence electrons. The molecule has 1 heterocycles. The maximum atomic E-state index is 12.3. The van der Waals surface area contributed by atoms with Gasteiger partial charge in [-0.25, -0.2) is 4.79 Å². The number of benzene rings is 2. The average molecular weight is 377 g/mol. The van der Waals surface area contributed by atoms with Crippen LogP contribution in [0.3, 0.4) is 0 Å². The van der Waals surface area contributed by atoms with E-state index < -0.39 is 0 Å². The van der Waals surface area contributed by atoms with E-state index in [4.69, 9.17) is 9.15 Å². The number of hydrogen-bond donors (Lipinski definition) is 1. The molecule has 0 saturated carbocycles. The molecule has 0 bridgehead atoms. The number of hydrogen-bond acceptors (Lipinski definition) is 4. The molecule has 0 spiro atoms. The van der Waals surface area contributed by atoms with E-state index in [2.05, 4.69) is 5.32 Å². The summed E-state index contributed by atoms with van der Waals surface area (Å²) >= 11 is 0. The van der Waals surface area contributed by atoms with Gasteiger partial charge in [-0.2, -0.15) is 0 Å². The zero-order valence-corrected chi connectivity index (χ0v) is 15.9. The fraction of sp³-hybridized carbons (Fsp3) is 0.304. The summed E-state index contributed by atoms with van der Waals surface area (Å²) in [6, 6.07) is 13.1. The van der Waals surface area contributed by atoms with Crippen molar-refractivity contribution in [2.75, 3.05) is 11.9 Å². The summed E-state index contributed by atoms with van der Waals surface area (Å²) in [6.07, 6.45) is 4.64. The topological polar surface area (TPSA) is 68.5 Å². The number of nitrogens with one attached hydrogen (secondary N) is 1. The molecular formula is C23H23NO4. The summed E-state index contributed by atoms with van der Waals surface area (Å²) in [5.74, 6) is 0.276. The van der Waals surface area contributed by atoms with Crippen molar-refractivity contribution in [1.29, 1.82) is 0 Å². The molecule has 0 atom stereocenters. The predicted octanol–water partition coefficient (Wildman–Crippen LogP) is 4.25. The van der Waals surface area contributed by atoms with Crippen molar-refractivity contribution in [1.82, 2.24) is 0 Å². The number of carbonyl (C=O) groups excluding carboxylic acids is 1. The Bertz CT molecular complexity index is 1080. The minimum Gasteiger partial charge on any atom is -0.484 e. The maximum absolute atomic E-state index is 12.3. The normalized spacial score (nSPS) is 13.2. The third-order valence-corrected chi connectivity index (χ3v) is 5.24. The standard InChI is InChI=1S/C23H23NO4/c1-2-15-7-3-6-10-20(15)24-22(25)14-27-16-11-12-18-17-8-4-5-9-19(17)23(26)28-21(18)13-16/h3,6-7,10-13H,2,4-5,8-9,14H2,1H3,(H,24,25). The quantitative estimate of drug-likeness (QED) is 0.675. The number of fused-ring (bicyclic) bond motifs is 3. The van der Waals surface area contributed by atoms with Gasteiger partial charge in [-0.05, 0) is 61.4 Å². The van der Waals surface area contributed by atoms with Crippen molar-refractivity contribution >= 4 is 22.6 Å². The number of amides is 1. The number of para-hydroxylation sites is 1. The van der Waals surface area contributed by atoms with Crippen LogP contribution in [0.25, 0.3) is 11.0 Å². The molecule has 5 heteroatoms. The fourth-order valence-electron chi connectivity index (χ4n) is 3.80. The van der Waals surface area contributed by atoms with Crippen LogP contribution in [0.4, 0.5) is 5.69 Å². The van der Waals surface area contributed by atoms with Gasteiger partial charge in [-0.15, -0.1) is 0 Å². The molecule has 1 amide bonds. The second kappa shape index (κ2) is 7.89. The van der Waals surface area contributed by atoms with E-state index in [1.54, 1.807) is 6.07 Å². The molecule has 28 heavy (non-hydrogen) atoms. The number of ether oxygens (including phenoxy) is 1. The van der Waals surface area contributed by atoms with Gasteiger partial charge in [0.1, 0.15) is 11.3 Å². The Balaban J connectivity index is 1.49. The smallest absolute Gasteiger partial charge is 0.339 e. The van der Waals surface area contributed by atoms with E-state index in [0.717, 1.165) is 59.9 Å². The SMILES string of the molecule is CCc1ccccc1NC(=O)COc1ccc2c3c(c(=O)oc2c1)CCCC3. The number of rotatable bonds is 5. The average Bonchev–Trinajstić information content (AvgIpc) is 2.73. The molecule has 0 unspecified atom stereocenters. The molecule has 2 aromatic carbocycles. The molecule has 5 nitrogen and oxygen atoms in total. The highest BCUT2D eigenvalue weighted by Crippen LogP contribution is 2.29. The summed E-state index contributed by atoms with van der Waals surface area (Å²) in [6.45, 7) is 1.93. The van der Waals surface area contributed by atoms with E-state index in [9.17, 15) is 9.59 Å². The number of aryl methyl sites for hydroxylation is 2. The lowest BCUT2D eigenvalue weighted by Gasteiger charge is -2.16. The Kier molecular flexibility index (Phi) is 5.15. The lowest BCUT2D eigenvalue weighted by atomic mass is 9.91. The van der Waals surface area contributed by atoms with Crippen LogP contribution in [-0.4, -0.2) is 12.5 Å². The molecule has 1 N–H and O–H groups in total. The molecule has 1 aliphatic rings. The summed E-state index contributed by atoms with van der Waals surface area (Å²) in [7, 11) is 0. The molecule has 0 saturated heterocycles. The van der Waals surface area contributed by atoms with Gasteiger partial charge >= 0.3 is 5.63 Å². The minimum absolute atomic E-state index is 0.112. The van der Waals surface area contributed by atoms with Gasteiger partial charge in [0.05, 0.1) is 0 Å². The van der Waals surface area contributed by atoms with E-state index in [1.807, 2.05) is 43.3 Å². The van der Waals surface area contributed by atoms with Gasteiger partial charge in [-0.1, -0.05) is 25.1 Å². The first kappa shape index (κ1) is 18.3. The Hall–Kier alpha value is -3.08. The molecular weight excluding hydrogens is 354 g/mol. The fourth-order valence-corrected chi connectivity index (χ4v) is 3.80. The van der Waals surface area contributed by atoms with Crippen molar-refractivity contribution in [3.8, 4) is 5.75 Å². The van der Waals surface area contributed by atoms with Gasteiger partial charge in [0.2, 0.25) is 0 Å². The molecule has 4 rings (SSSR count).